The highest BCUT2D eigenvalue weighted by molar-refractivity contribution is 5.98. The first kappa shape index (κ1) is 16.3. The zero-order valence-electron chi connectivity index (χ0n) is 12.9. The molecule has 3 rings (SSSR count). The lowest BCUT2D eigenvalue weighted by Gasteiger charge is -2.30. The Morgan fingerprint density at radius 2 is 1.86 bits per heavy atom. The van der Waals surface area contributed by atoms with E-state index < -0.39 is 0 Å². The Hall–Kier alpha value is -1.09. The summed E-state index contributed by atoms with van der Waals surface area (Å²) in [5, 5.41) is 0. The first-order valence-electron chi connectivity index (χ1n) is 7.73. The Labute approximate surface area is 132 Å². The van der Waals surface area contributed by atoms with Gasteiger partial charge in [0.2, 0.25) is 5.88 Å². The summed E-state index contributed by atoms with van der Waals surface area (Å²) in [7, 11) is 0. The maximum Gasteiger partial charge on any atom is 0.213 e. The van der Waals surface area contributed by atoms with E-state index in [-0.39, 0.29) is 23.6 Å². The van der Waals surface area contributed by atoms with Crippen molar-refractivity contribution in [3.05, 3.63) is 23.4 Å². The van der Waals surface area contributed by atoms with Gasteiger partial charge in [0.15, 0.2) is 5.78 Å². The molecule has 2 aliphatic rings. The number of rotatable bonds is 2. The van der Waals surface area contributed by atoms with Crippen molar-refractivity contribution >= 4 is 18.2 Å². The highest BCUT2D eigenvalue weighted by atomic mass is 35.5. The Morgan fingerprint density at radius 3 is 2.57 bits per heavy atom. The molecule has 0 spiro atoms. The van der Waals surface area contributed by atoms with Crippen molar-refractivity contribution in [2.45, 2.75) is 64.9 Å². The number of nitrogens with zero attached hydrogens (tertiary/aromatic N) is 1. The number of fused-ring (bicyclic) bond motifs is 1. The van der Waals surface area contributed by atoms with E-state index in [9.17, 15) is 4.79 Å². The standard InChI is InChI=1S/C17H23NO2.ClH/c1-17(2)10-14-13(15(19)11-17)8-9-16(18-14)20-12-6-4-3-5-7-12;/h8-9,12H,3-7,10-11H2,1-2H3;1H. The van der Waals surface area contributed by atoms with Crippen LogP contribution >= 0.6 is 12.4 Å². The minimum atomic E-state index is 0. The number of halogens is 1. The zero-order chi connectivity index (χ0) is 14.2. The molecule has 4 heteroatoms. The lowest BCUT2D eigenvalue weighted by atomic mass is 9.76. The average Bonchev–Trinajstić information content (AvgIpc) is 2.38. The van der Waals surface area contributed by atoms with E-state index in [0.717, 1.165) is 30.5 Å². The van der Waals surface area contributed by atoms with Gasteiger partial charge in [-0.25, -0.2) is 4.98 Å². The van der Waals surface area contributed by atoms with Gasteiger partial charge >= 0.3 is 0 Å². The van der Waals surface area contributed by atoms with Crippen molar-refractivity contribution in [3.63, 3.8) is 0 Å². The zero-order valence-corrected chi connectivity index (χ0v) is 13.7. The number of carbonyl (C=O) groups is 1. The molecule has 21 heavy (non-hydrogen) atoms. The molecule has 0 aromatic carbocycles. The fourth-order valence-electron chi connectivity index (χ4n) is 3.34. The Morgan fingerprint density at radius 1 is 1.14 bits per heavy atom. The Bertz CT molecular complexity index is 522. The fraction of sp³-hybridized carbons (Fsp3) is 0.647. The number of pyridine rings is 1. The van der Waals surface area contributed by atoms with E-state index in [0.29, 0.717) is 18.4 Å². The molecule has 1 aromatic rings. The number of Topliss-reactive ketones (excluding diaryl/α,β-unsaturated/α-hetero) is 1. The molecule has 0 aliphatic heterocycles. The highest BCUT2D eigenvalue weighted by Gasteiger charge is 2.32. The van der Waals surface area contributed by atoms with Gasteiger partial charge in [-0.05, 0) is 43.6 Å². The lowest BCUT2D eigenvalue weighted by molar-refractivity contribution is 0.0909. The second-order valence-electron chi connectivity index (χ2n) is 6.96. The maximum absolute atomic E-state index is 12.1. The molecule has 3 nitrogen and oxygen atoms in total. The van der Waals surface area contributed by atoms with E-state index >= 15 is 0 Å². The van der Waals surface area contributed by atoms with Crippen LogP contribution in [-0.2, 0) is 6.42 Å². The Balaban J connectivity index is 0.00000161. The van der Waals surface area contributed by atoms with Gasteiger partial charge < -0.3 is 4.74 Å². The number of ketones is 1. The monoisotopic (exact) mass is 309 g/mol. The molecule has 0 atom stereocenters. The summed E-state index contributed by atoms with van der Waals surface area (Å²) in [5.74, 6) is 0.911. The van der Waals surface area contributed by atoms with Crippen molar-refractivity contribution in [2.75, 3.05) is 0 Å². The van der Waals surface area contributed by atoms with Gasteiger partial charge in [0.1, 0.15) is 6.10 Å². The number of carbonyl (C=O) groups excluding carboxylic acids is 1. The molecular weight excluding hydrogens is 286 g/mol. The number of hydrogen-bond acceptors (Lipinski definition) is 3. The van der Waals surface area contributed by atoms with Crippen molar-refractivity contribution in [2.24, 2.45) is 5.41 Å². The molecule has 1 aromatic heterocycles. The van der Waals surface area contributed by atoms with Crippen molar-refractivity contribution in [1.29, 1.82) is 0 Å². The van der Waals surface area contributed by atoms with Crippen LogP contribution in [0.4, 0.5) is 0 Å². The fourth-order valence-corrected chi connectivity index (χ4v) is 3.34. The molecule has 0 unspecified atom stereocenters. The van der Waals surface area contributed by atoms with Crippen molar-refractivity contribution in [1.82, 2.24) is 4.98 Å². The number of aromatic nitrogens is 1. The SMILES string of the molecule is CC1(C)CC(=O)c2ccc(OC3CCCCC3)nc2C1.Cl. The predicted octanol–water partition coefficient (Wildman–Crippen LogP) is 4.37. The van der Waals surface area contributed by atoms with E-state index in [2.05, 4.69) is 18.8 Å². The molecule has 0 N–H and O–H groups in total. The van der Waals surface area contributed by atoms with E-state index in [4.69, 9.17) is 4.74 Å². The summed E-state index contributed by atoms with van der Waals surface area (Å²) in [5.41, 5.74) is 1.72. The number of hydrogen-bond donors (Lipinski definition) is 0. The van der Waals surface area contributed by atoms with Gasteiger partial charge in [-0.2, -0.15) is 0 Å². The van der Waals surface area contributed by atoms with E-state index in [1.807, 2.05) is 12.1 Å². The van der Waals surface area contributed by atoms with Gasteiger partial charge in [-0.15, -0.1) is 12.4 Å². The van der Waals surface area contributed by atoms with Crippen molar-refractivity contribution < 1.29 is 9.53 Å². The maximum atomic E-state index is 12.1. The normalized spacial score (nSPS) is 21.3. The average molecular weight is 310 g/mol. The van der Waals surface area contributed by atoms with Crippen LogP contribution in [0.1, 0.15) is 68.4 Å². The van der Waals surface area contributed by atoms with Gasteiger partial charge in [0.05, 0.1) is 5.69 Å². The smallest absolute Gasteiger partial charge is 0.213 e. The summed E-state index contributed by atoms with van der Waals surface area (Å²) in [6.45, 7) is 4.26. The molecule has 2 aliphatic carbocycles. The minimum Gasteiger partial charge on any atom is -0.474 e. The second-order valence-corrected chi connectivity index (χ2v) is 6.96. The first-order valence-corrected chi connectivity index (χ1v) is 7.73. The summed E-state index contributed by atoms with van der Waals surface area (Å²) < 4.78 is 6.00. The summed E-state index contributed by atoms with van der Waals surface area (Å²) in [6, 6.07) is 3.77. The molecule has 0 bridgehead atoms. The molecule has 116 valence electrons. The van der Waals surface area contributed by atoms with Crippen LogP contribution in [0, 0.1) is 5.41 Å². The van der Waals surface area contributed by atoms with E-state index in [1.54, 1.807) is 0 Å². The first-order chi connectivity index (χ1) is 9.53. The van der Waals surface area contributed by atoms with Crippen LogP contribution in [0.2, 0.25) is 0 Å². The van der Waals surface area contributed by atoms with Crippen LogP contribution < -0.4 is 4.74 Å². The molecule has 0 radical (unpaired) electrons. The Kier molecular flexibility index (Phi) is 4.92. The lowest BCUT2D eigenvalue weighted by Crippen LogP contribution is -2.28. The minimum absolute atomic E-state index is 0. The molecular formula is C17H24ClNO2. The quantitative estimate of drug-likeness (QED) is 0.814. The predicted molar refractivity (Wildman–Crippen MR) is 85.4 cm³/mol. The third-order valence-electron chi connectivity index (χ3n) is 4.37. The van der Waals surface area contributed by atoms with Crippen LogP contribution in [0.3, 0.4) is 0 Å². The van der Waals surface area contributed by atoms with Gasteiger partial charge in [0.25, 0.3) is 0 Å². The van der Waals surface area contributed by atoms with Crippen LogP contribution in [0.5, 0.6) is 5.88 Å². The molecule has 0 amide bonds. The highest BCUT2D eigenvalue weighted by Crippen LogP contribution is 2.35. The van der Waals surface area contributed by atoms with Gasteiger partial charge in [-0.3, -0.25) is 4.79 Å². The van der Waals surface area contributed by atoms with Crippen molar-refractivity contribution in [3.8, 4) is 5.88 Å². The molecule has 0 saturated heterocycles. The van der Waals surface area contributed by atoms with Gasteiger partial charge in [-0.1, -0.05) is 20.3 Å². The van der Waals surface area contributed by atoms with Crippen LogP contribution in [0.15, 0.2) is 12.1 Å². The largest absolute Gasteiger partial charge is 0.474 e. The topological polar surface area (TPSA) is 39.2 Å². The van der Waals surface area contributed by atoms with Gasteiger partial charge in [0, 0.05) is 18.1 Å². The third-order valence-corrected chi connectivity index (χ3v) is 4.37. The number of ether oxygens (including phenoxy) is 1. The summed E-state index contributed by atoms with van der Waals surface area (Å²) in [6.07, 6.45) is 7.86. The molecule has 1 heterocycles. The molecule has 1 saturated carbocycles. The van der Waals surface area contributed by atoms with Crippen LogP contribution in [0.25, 0.3) is 0 Å². The summed E-state index contributed by atoms with van der Waals surface area (Å²) >= 11 is 0. The molecule has 1 fully saturated rings. The van der Waals surface area contributed by atoms with E-state index in [1.165, 1.54) is 19.3 Å². The summed E-state index contributed by atoms with van der Waals surface area (Å²) in [4.78, 5) is 16.7. The van der Waals surface area contributed by atoms with Crippen LogP contribution in [-0.4, -0.2) is 16.9 Å². The second kappa shape index (κ2) is 6.35. The third kappa shape index (κ3) is 3.76.